The van der Waals surface area contributed by atoms with Crippen LogP contribution in [-0.4, -0.2) is 11.8 Å². The van der Waals surface area contributed by atoms with Crippen molar-refractivity contribution < 1.29 is 9.59 Å². The van der Waals surface area contributed by atoms with E-state index in [4.69, 9.17) is 5.73 Å². The molecule has 0 aromatic carbocycles. The molecule has 1 atom stereocenters. The number of aryl methyl sites for hydroxylation is 1. The first-order valence-electron chi connectivity index (χ1n) is 7.36. The Morgan fingerprint density at radius 3 is 2.65 bits per heavy atom. The second-order valence-corrected chi connectivity index (χ2v) is 7.49. The van der Waals surface area contributed by atoms with E-state index in [2.05, 4.69) is 5.32 Å². The first kappa shape index (κ1) is 12.4. The maximum Gasteiger partial charge on any atom is 0.251 e. The molecule has 1 unspecified atom stereocenters. The Morgan fingerprint density at radius 2 is 2.00 bits per heavy atom. The van der Waals surface area contributed by atoms with Gasteiger partial charge in [0.25, 0.3) is 5.91 Å². The fourth-order valence-corrected chi connectivity index (χ4v) is 4.84. The zero-order valence-electron chi connectivity index (χ0n) is 11.3. The number of hydrogen-bond acceptors (Lipinski definition) is 3. The van der Waals surface area contributed by atoms with Crippen LogP contribution in [0.1, 0.15) is 52.9 Å². The summed E-state index contributed by atoms with van der Waals surface area (Å²) in [6.45, 7) is 0. The average Bonchev–Trinajstić information content (AvgIpc) is 3.30. The van der Waals surface area contributed by atoms with Gasteiger partial charge in [0.15, 0.2) is 0 Å². The summed E-state index contributed by atoms with van der Waals surface area (Å²) in [7, 11) is 0. The third kappa shape index (κ3) is 1.79. The van der Waals surface area contributed by atoms with Crippen molar-refractivity contribution in [3.05, 3.63) is 16.0 Å². The first-order valence-corrected chi connectivity index (χ1v) is 8.18. The molecule has 20 heavy (non-hydrogen) atoms. The van der Waals surface area contributed by atoms with E-state index in [9.17, 15) is 9.59 Å². The quantitative estimate of drug-likeness (QED) is 0.897. The molecule has 0 aliphatic heterocycles. The molecule has 0 saturated heterocycles. The molecule has 106 valence electrons. The summed E-state index contributed by atoms with van der Waals surface area (Å²) in [4.78, 5) is 25.2. The Labute approximate surface area is 121 Å². The number of amides is 2. The zero-order valence-corrected chi connectivity index (χ0v) is 12.1. The van der Waals surface area contributed by atoms with Crippen molar-refractivity contribution >= 4 is 28.2 Å². The van der Waals surface area contributed by atoms with Gasteiger partial charge in [-0.3, -0.25) is 9.59 Å². The van der Waals surface area contributed by atoms with E-state index in [0.717, 1.165) is 37.7 Å². The number of anilines is 1. The SMILES string of the molecule is NC(=O)c1c(NC(=O)C2CC23CC3)sc2c1CCCC2. The van der Waals surface area contributed by atoms with Crippen LogP contribution in [0.2, 0.25) is 0 Å². The van der Waals surface area contributed by atoms with Crippen molar-refractivity contribution in [1.29, 1.82) is 0 Å². The van der Waals surface area contributed by atoms with Gasteiger partial charge in [-0.15, -0.1) is 11.3 Å². The maximum absolute atomic E-state index is 12.3. The summed E-state index contributed by atoms with van der Waals surface area (Å²) in [5, 5.41) is 3.68. The van der Waals surface area contributed by atoms with Gasteiger partial charge in [-0.1, -0.05) is 0 Å². The summed E-state index contributed by atoms with van der Waals surface area (Å²) in [5.41, 5.74) is 7.53. The van der Waals surface area contributed by atoms with Crippen molar-refractivity contribution in [1.82, 2.24) is 0 Å². The standard InChI is InChI=1S/C15H18N2O2S/c16-12(18)11-8-3-1-2-4-10(8)20-14(11)17-13(19)9-7-15(9)5-6-15/h9H,1-7H2,(H2,16,18)(H,17,19). The monoisotopic (exact) mass is 290 g/mol. The van der Waals surface area contributed by atoms with Crippen LogP contribution in [-0.2, 0) is 17.6 Å². The largest absolute Gasteiger partial charge is 0.365 e. The highest BCUT2D eigenvalue weighted by Crippen LogP contribution is 2.70. The van der Waals surface area contributed by atoms with E-state index >= 15 is 0 Å². The molecule has 1 aromatic rings. The Morgan fingerprint density at radius 1 is 1.25 bits per heavy atom. The summed E-state index contributed by atoms with van der Waals surface area (Å²) >= 11 is 1.55. The Balaban J connectivity index is 1.62. The highest BCUT2D eigenvalue weighted by atomic mass is 32.1. The van der Waals surface area contributed by atoms with Crippen molar-refractivity contribution in [2.75, 3.05) is 5.32 Å². The molecule has 4 nitrogen and oxygen atoms in total. The molecular formula is C15H18N2O2S. The minimum atomic E-state index is -0.406. The third-order valence-electron chi connectivity index (χ3n) is 5.05. The number of carbonyl (C=O) groups is 2. The van der Waals surface area contributed by atoms with E-state index in [0.29, 0.717) is 16.0 Å². The fraction of sp³-hybridized carbons (Fsp3) is 0.600. The predicted octanol–water partition coefficient (Wildman–Crippen LogP) is 2.46. The van der Waals surface area contributed by atoms with Gasteiger partial charge in [0.05, 0.1) is 5.56 Å². The second kappa shape index (κ2) is 4.07. The van der Waals surface area contributed by atoms with E-state index in [1.165, 1.54) is 17.7 Å². The topological polar surface area (TPSA) is 72.2 Å². The lowest BCUT2D eigenvalue weighted by Crippen LogP contribution is -2.19. The first-order chi connectivity index (χ1) is 9.61. The van der Waals surface area contributed by atoms with Gasteiger partial charge in [-0.05, 0) is 55.9 Å². The maximum atomic E-state index is 12.3. The van der Waals surface area contributed by atoms with Gasteiger partial charge in [-0.2, -0.15) is 0 Å². The van der Waals surface area contributed by atoms with Crippen LogP contribution in [0.3, 0.4) is 0 Å². The Kier molecular flexibility index (Phi) is 2.52. The van der Waals surface area contributed by atoms with E-state index in [-0.39, 0.29) is 11.8 Å². The molecule has 5 heteroatoms. The van der Waals surface area contributed by atoms with Crippen LogP contribution >= 0.6 is 11.3 Å². The van der Waals surface area contributed by atoms with Gasteiger partial charge in [0, 0.05) is 10.8 Å². The minimum Gasteiger partial charge on any atom is -0.365 e. The number of carbonyl (C=O) groups excluding carboxylic acids is 2. The smallest absolute Gasteiger partial charge is 0.251 e. The molecule has 1 aromatic heterocycles. The molecule has 2 saturated carbocycles. The molecular weight excluding hydrogens is 272 g/mol. The number of rotatable bonds is 3. The molecule has 2 amide bonds. The molecule has 3 N–H and O–H groups in total. The summed E-state index contributed by atoms with van der Waals surface area (Å²) in [6.07, 6.45) is 7.57. The van der Waals surface area contributed by atoms with Gasteiger partial charge in [0.2, 0.25) is 5.91 Å². The van der Waals surface area contributed by atoms with E-state index in [1.54, 1.807) is 11.3 Å². The number of primary amides is 1. The molecule has 2 fully saturated rings. The molecule has 3 aliphatic carbocycles. The van der Waals surface area contributed by atoms with Crippen LogP contribution < -0.4 is 11.1 Å². The number of fused-ring (bicyclic) bond motifs is 1. The van der Waals surface area contributed by atoms with E-state index < -0.39 is 5.91 Å². The van der Waals surface area contributed by atoms with Crippen molar-refractivity contribution in [3.8, 4) is 0 Å². The number of hydrogen-bond donors (Lipinski definition) is 2. The lowest BCUT2D eigenvalue weighted by atomic mass is 9.95. The van der Waals surface area contributed by atoms with Gasteiger partial charge < -0.3 is 11.1 Å². The summed E-state index contributed by atoms with van der Waals surface area (Å²) in [6, 6.07) is 0. The molecule has 3 aliphatic rings. The lowest BCUT2D eigenvalue weighted by Gasteiger charge is -2.11. The number of thiophene rings is 1. The molecule has 0 radical (unpaired) electrons. The number of nitrogens with two attached hydrogens (primary N) is 1. The minimum absolute atomic E-state index is 0.0867. The summed E-state index contributed by atoms with van der Waals surface area (Å²) < 4.78 is 0. The van der Waals surface area contributed by atoms with Gasteiger partial charge in [0.1, 0.15) is 5.00 Å². The molecule has 4 rings (SSSR count). The van der Waals surface area contributed by atoms with Crippen molar-refractivity contribution in [2.45, 2.75) is 44.9 Å². The van der Waals surface area contributed by atoms with Crippen LogP contribution in [0.5, 0.6) is 0 Å². The van der Waals surface area contributed by atoms with Gasteiger partial charge in [-0.25, -0.2) is 0 Å². The number of nitrogens with one attached hydrogen (secondary N) is 1. The lowest BCUT2D eigenvalue weighted by molar-refractivity contribution is -0.117. The highest BCUT2D eigenvalue weighted by Gasteiger charge is 2.65. The third-order valence-corrected chi connectivity index (χ3v) is 6.26. The Hall–Kier alpha value is -1.36. The predicted molar refractivity (Wildman–Crippen MR) is 77.9 cm³/mol. The second-order valence-electron chi connectivity index (χ2n) is 6.39. The van der Waals surface area contributed by atoms with Crippen molar-refractivity contribution in [2.24, 2.45) is 17.1 Å². The normalized spacial score (nSPS) is 25.1. The van der Waals surface area contributed by atoms with Gasteiger partial charge >= 0.3 is 0 Å². The van der Waals surface area contributed by atoms with Crippen LogP contribution in [0, 0.1) is 11.3 Å². The van der Waals surface area contributed by atoms with Crippen LogP contribution in [0.4, 0.5) is 5.00 Å². The van der Waals surface area contributed by atoms with E-state index in [1.807, 2.05) is 0 Å². The fourth-order valence-electron chi connectivity index (χ4n) is 3.55. The summed E-state index contributed by atoms with van der Waals surface area (Å²) in [5.74, 6) is -0.150. The zero-order chi connectivity index (χ0) is 13.9. The molecule has 0 bridgehead atoms. The van der Waals surface area contributed by atoms with Crippen LogP contribution in [0.15, 0.2) is 0 Å². The van der Waals surface area contributed by atoms with Crippen molar-refractivity contribution in [3.63, 3.8) is 0 Å². The Bertz CT molecular complexity index is 616. The molecule has 1 heterocycles. The average molecular weight is 290 g/mol. The molecule has 1 spiro atoms. The highest BCUT2D eigenvalue weighted by molar-refractivity contribution is 7.17. The van der Waals surface area contributed by atoms with Crippen LogP contribution in [0.25, 0.3) is 0 Å².